The van der Waals surface area contributed by atoms with E-state index in [0.717, 1.165) is 10.2 Å². The maximum absolute atomic E-state index is 12.3. The van der Waals surface area contributed by atoms with E-state index in [2.05, 4.69) is 21.2 Å². The molecular formula is C18H18BrNO4. The smallest absolute Gasteiger partial charge is 0.203 e. The lowest BCUT2D eigenvalue weighted by atomic mass is 10.1. The predicted octanol–water partition coefficient (Wildman–Crippen LogP) is 4.28. The highest BCUT2D eigenvalue weighted by Gasteiger charge is 2.15. The molecule has 0 aromatic heterocycles. The molecule has 1 N–H and O–H groups in total. The number of hydrogen-bond donors (Lipinski definition) is 1. The zero-order chi connectivity index (χ0) is 17.5. The van der Waals surface area contributed by atoms with Crippen LogP contribution >= 0.6 is 15.9 Å². The summed E-state index contributed by atoms with van der Waals surface area (Å²) in [5.41, 5.74) is 1.32. The number of ketones is 1. The quantitative estimate of drug-likeness (QED) is 0.563. The molecule has 0 spiro atoms. The molecule has 0 fully saturated rings. The summed E-state index contributed by atoms with van der Waals surface area (Å²) < 4.78 is 16.7. The van der Waals surface area contributed by atoms with E-state index < -0.39 is 0 Å². The summed E-state index contributed by atoms with van der Waals surface area (Å²) in [7, 11) is 4.54. The molecule has 0 aliphatic carbocycles. The van der Waals surface area contributed by atoms with Crippen LogP contribution in [-0.4, -0.2) is 27.1 Å². The fourth-order valence-corrected chi connectivity index (χ4v) is 2.34. The minimum absolute atomic E-state index is 0.182. The number of methoxy groups -OCH3 is 3. The van der Waals surface area contributed by atoms with Gasteiger partial charge >= 0.3 is 0 Å². The molecule has 0 aliphatic heterocycles. The normalized spacial score (nSPS) is 10.5. The summed E-state index contributed by atoms with van der Waals surface area (Å²) in [5, 5.41) is 3.04. The van der Waals surface area contributed by atoms with Gasteiger partial charge in [0, 0.05) is 28.0 Å². The first-order valence-corrected chi connectivity index (χ1v) is 7.91. The van der Waals surface area contributed by atoms with Gasteiger partial charge in [-0.05, 0) is 36.4 Å². The number of benzene rings is 2. The number of allylic oxidation sites excluding steroid dienone is 1. The number of nitrogens with one attached hydrogen (secondary N) is 1. The van der Waals surface area contributed by atoms with Crippen molar-refractivity contribution in [3.63, 3.8) is 0 Å². The van der Waals surface area contributed by atoms with Gasteiger partial charge in [0.05, 0.1) is 21.3 Å². The number of anilines is 1. The molecule has 0 heterocycles. The number of halogens is 1. The Morgan fingerprint density at radius 3 is 2.08 bits per heavy atom. The van der Waals surface area contributed by atoms with Crippen LogP contribution in [0.15, 0.2) is 53.1 Å². The summed E-state index contributed by atoms with van der Waals surface area (Å²) in [6.45, 7) is 0. The van der Waals surface area contributed by atoms with E-state index in [1.54, 1.807) is 18.3 Å². The second kappa shape index (κ2) is 8.40. The van der Waals surface area contributed by atoms with E-state index in [9.17, 15) is 4.79 Å². The van der Waals surface area contributed by atoms with Gasteiger partial charge in [-0.1, -0.05) is 15.9 Å². The monoisotopic (exact) mass is 391 g/mol. The first-order valence-electron chi connectivity index (χ1n) is 7.12. The average molecular weight is 392 g/mol. The molecule has 5 nitrogen and oxygen atoms in total. The summed E-state index contributed by atoms with van der Waals surface area (Å²) in [5.74, 6) is 1.15. The third-order valence-electron chi connectivity index (χ3n) is 3.28. The molecule has 2 rings (SSSR count). The van der Waals surface area contributed by atoms with Crippen molar-refractivity contribution in [3.05, 3.63) is 58.7 Å². The van der Waals surface area contributed by atoms with E-state index in [-0.39, 0.29) is 5.78 Å². The minimum atomic E-state index is -0.182. The summed E-state index contributed by atoms with van der Waals surface area (Å²) in [6, 6.07) is 10.9. The topological polar surface area (TPSA) is 56.8 Å². The Labute approximate surface area is 149 Å². The van der Waals surface area contributed by atoms with Crippen LogP contribution in [0, 0.1) is 0 Å². The van der Waals surface area contributed by atoms with Crippen molar-refractivity contribution >= 4 is 27.4 Å². The predicted molar refractivity (Wildman–Crippen MR) is 97.3 cm³/mol. The zero-order valence-corrected chi connectivity index (χ0v) is 15.2. The Morgan fingerprint density at radius 2 is 1.58 bits per heavy atom. The Hall–Kier alpha value is -2.47. The van der Waals surface area contributed by atoms with Crippen molar-refractivity contribution in [2.75, 3.05) is 26.6 Å². The van der Waals surface area contributed by atoms with Crippen LogP contribution in [0.3, 0.4) is 0 Å². The lowest BCUT2D eigenvalue weighted by molar-refractivity contribution is 0.104. The lowest BCUT2D eigenvalue weighted by Gasteiger charge is -2.13. The molecule has 0 amide bonds. The van der Waals surface area contributed by atoms with Gasteiger partial charge in [0.2, 0.25) is 5.75 Å². The third kappa shape index (κ3) is 4.29. The number of ether oxygens (including phenoxy) is 3. The molecule has 126 valence electrons. The van der Waals surface area contributed by atoms with Gasteiger partial charge in [-0.3, -0.25) is 4.79 Å². The molecule has 0 saturated carbocycles. The molecule has 6 heteroatoms. The number of carbonyl (C=O) groups is 1. The van der Waals surface area contributed by atoms with Crippen LogP contribution < -0.4 is 19.5 Å². The first kappa shape index (κ1) is 17.9. The van der Waals surface area contributed by atoms with E-state index in [0.29, 0.717) is 22.8 Å². The molecule has 2 aromatic carbocycles. The maximum Gasteiger partial charge on any atom is 0.203 e. The molecule has 0 bridgehead atoms. The van der Waals surface area contributed by atoms with Crippen LogP contribution in [0.5, 0.6) is 17.2 Å². The van der Waals surface area contributed by atoms with Crippen LogP contribution in [0.2, 0.25) is 0 Å². The maximum atomic E-state index is 12.3. The van der Waals surface area contributed by atoms with Crippen LogP contribution in [-0.2, 0) is 0 Å². The first-order chi connectivity index (χ1) is 11.6. The molecule has 0 atom stereocenters. The van der Waals surface area contributed by atoms with Gasteiger partial charge in [0.15, 0.2) is 17.3 Å². The molecule has 2 aromatic rings. The Bertz CT molecular complexity index is 716. The summed E-state index contributed by atoms with van der Waals surface area (Å²) in [4.78, 5) is 12.3. The fraction of sp³-hybridized carbons (Fsp3) is 0.167. The lowest BCUT2D eigenvalue weighted by Crippen LogP contribution is -2.01. The van der Waals surface area contributed by atoms with E-state index >= 15 is 0 Å². The van der Waals surface area contributed by atoms with Crippen LogP contribution in [0.4, 0.5) is 5.69 Å². The highest BCUT2D eigenvalue weighted by molar-refractivity contribution is 9.10. The minimum Gasteiger partial charge on any atom is -0.493 e. The van der Waals surface area contributed by atoms with E-state index in [1.807, 2.05) is 24.3 Å². The standard InChI is InChI=1S/C18H18BrNO4/c1-22-16-10-12(11-17(23-2)18(16)24-3)15(21)8-9-20-14-6-4-13(19)5-7-14/h4-11,20H,1-3H3/b9-8+. The van der Waals surface area contributed by atoms with Crippen molar-refractivity contribution in [1.29, 1.82) is 0 Å². The van der Waals surface area contributed by atoms with Gasteiger partial charge in [0.25, 0.3) is 0 Å². The Balaban J connectivity index is 2.16. The van der Waals surface area contributed by atoms with Gasteiger partial charge in [-0.25, -0.2) is 0 Å². The van der Waals surface area contributed by atoms with E-state index in [4.69, 9.17) is 14.2 Å². The third-order valence-corrected chi connectivity index (χ3v) is 3.81. The van der Waals surface area contributed by atoms with Gasteiger partial charge < -0.3 is 19.5 Å². The van der Waals surface area contributed by atoms with Crippen molar-refractivity contribution in [3.8, 4) is 17.2 Å². The molecular weight excluding hydrogens is 374 g/mol. The van der Waals surface area contributed by atoms with Crippen molar-refractivity contribution in [2.45, 2.75) is 0 Å². The summed E-state index contributed by atoms with van der Waals surface area (Å²) >= 11 is 3.37. The highest BCUT2D eigenvalue weighted by atomic mass is 79.9. The molecule has 0 radical (unpaired) electrons. The number of hydrogen-bond acceptors (Lipinski definition) is 5. The number of carbonyl (C=O) groups excluding carboxylic acids is 1. The molecule has 0 saturated heterocycles. The summed E-state index contributed by atoms with van der Waals surface area (Å²) in [6.07, 6.45) is 3.04. The number of rotatable bonds is 7. The zero-order valence-electron chi connectivity index (χ0n) is 13.6. The highest BCUT2D eigenvalue weighted by Crippen LogP contribution is 2.38. The second-order valence-corrected chi connectivity index (χ2v) is 5.68. The van der Waals surface area contributed by atoms with Gasteiger partial charge in [-0.15, -0.1) is 0 Å². The van der Waals surface area contributed by atoms with E-state index in [1.165, 1.54) is 27.4 Å². The van der Waals surface area contributed by atoms with Crippen molar-refractivity contribution in [1.82, 2.24) is 0 Å². The molecule has 0 aliphatic rings. The second-order valence-electron chi connectivity index (χ2n) is 4.76. The molecule has 0 unspecified atom stereocenters. The van der Waals surface area contributed by atoms with Crippen molar-refractivity contribution in [2.24, 2.45) is 0 Å². The fourth-order valence-electron chi connectivity index (χ4n) is 2.08. The average Bonchev–Trinajstić information content (AvgIpc) is 2.61. The Morgan fingerprint density at radius 1 is 1.00 bits per heavy atom. The Kier molecular flexibility index (Phi) is 6.26. The van der Waals surface area contributed by atoms with Crippen molar-refractivity contribution < 1.29 is 19.0 Å². The molecule has 24 heavy (non-hydrogen) atoms. The van der Waals surface area contributed by atoms with Crippen LogP contribution in [0.1, 0.15) is 10.4 Å². The van der Waals surface area contributed by atoms with Gasteiger partial charge in [-0.2, -0.15) is 0 Å². The SMILES string of the molecule is COc1cc(C(=O)/C=C/Nc2ccc(Br)cc2)cc(OC)c1OC. The largest absolute Gasteiger partial charge is 0.493 e. The van der Waals surface area contributed by atoms with Gasteiger partial charge in [0.1, 0.15) is 0 Å². The van der Waals surface area contributed by atoms with Crippen LogP contribution in [0.25, 0.3) is 0 Å².